The van der Waals surface area contributed by atoms with Crippen molar-refractivity contribution in [2.24, 2.45) is 11.8 Å². The van der Waals surface area contributed by atoms with Crippen molar-refractivity contribution in [2.45, 2.75) is 27.7 Å². The molecule has 2 atom stereocenters. The van der Waals surface area contributed by atoms with Crippen LogP contribution in [0.4, 0.5) is 0 Å². The van der Waals surface area contributed by atoms with Gasteiger partial charge in [-0.1, -0.05) is 25.5 Å². The van der Waals surface area contributed by atoms with Crippen LogP contribution in [0.1, 0.15) is 36.7 Å². The van der Waals surface area contributed by atoms with E-state index in [2.05, 4.69) is 0 Å². The molecule has 0 radical (unpaired) electrons. The second-order valence-electron chi connectivity index (χ2n) is 4.71. The largest absolute Gasteiger partial charge is 0.493 e. The van der Waals surface area contributed by atoms with E-state index in [9.17, 15) is 9.59 Å². The molecule has 0 heterocycles. The zero-order valence-electron chi connectivity index (χ0n) is 11.8. The fourth-order valence-corrected chi connectivity index (χ4v) is 1.80. The highest BCUT2D eigenvalue weighted by molar-refractivity contribution is 6.02. The minimum atomic E-state index is -0.966. The predicted molar refractivity (Wildman–Crippen MR) is 72.6 cm³/mol. The number of aryl methyl sites for hydroxylation is 1. The van der Waals surface area contributed by atoms with Gasteiger partial charge in [0.05, 0.1) is 18.1 Å². The number of carboxylic acids is 1. The number of hydrogen-bond acceptors (Lipinski definition) is 3. The van der Waals surface area contributed by atoms with Gasteiger partial charge in [0.2, 0.25) is 0 Å². The summed E-state index contributed by atoms with van der Waals surface area (Å²) < 4.78 is 5.44. The first-order chi connectivity index (χ1) is 8.88. The maximum Gasteiger partial charge on any atom is 0.306 e. The van der Waals surface area contributed by atoms with Crippen LogP contribution in [0, 0.1) is 18.8 Å². The van der Waals surface area contributed by atoms with Crippen molar-refractivity contribution in [1.82, 2.24) is 0 Å². The zero-order valence-corrected chi connectivity index (χ0v) is 11.8. The first-order valence-corrected chi connectivity index (χ1v) is 6.39. The summed E-state index contributed by atoms with van der Waals surface area (Å²) in [7, 11) is 0. The SMILES string of the molecule is CCOc1ccc(C)cc1C(=O)C(C)C(C)C(=O)O. The highest BCUT2D eigenvalue weighted by atomic mass is 16.5. The highest BCUT2D eigenvalue weighted by Gasteiger charge is 2.28. The van der Waals surface area contributed by atoms with E-state index in [4.69, 9.17) is 9.84 Å². The Kier molecular flexibility index (Phi) is 5.10. The van der Waals surface area contributed by atoms with Crippen LogP contribution in [0.15, 0.2) is 18.2 Å². The van der Waals surface area contributed by atoms with Gasteiger partial charge in [-0.25, -0.2) is 0 Å². The number of benzene rings is 1. The van der Waals surface area contributed by atoms with Gasteiger partial charge in [0.1, 0.15) is 5.75 Å². The van der Waals surface area contributed by atoms with E-state index >= 15 is 0 Å². The van der Waals surface area contributed by atoms with Crippen molar-refractivity contribution in [3.05, 3.63) is 29.3 Å². The molecular formula is C15H20O4. The number of carbonyl (C=O) groups excluding carboxylic acids is 1. The summed E-state index contributed by atoms with van der Waals surface area (Å²) in [6.45, 7) is 7.38. The molecule has 19 heavy (non-hydrogen) atoms. The molecule has 1 N–H and O–H groups in total. The number of hydrogen-bond donors (Lipinski definition) is 1. The molecule has 0 aliphatic rings. The molecule has 0 fully saturated rings. The quantitative estimate of drug-likeness (QED) is 0.802. The van der Waals surface area contributed by atoms with E-state index in [1.807, 2.05) is 19.9 Å². The first-order valence-electron chi connectivity index (χ1n) is 6.39. The van der Waals surface area contributed by atoms with Crippen molar-refractivity contribution in [1.29, 1.82) is 0 Å². The minimum absolute atomic E-state index is 0.193. The monoisotopic (exact) mass is 264 g/mol. The van der Waals surface area contributed by atoms with Gasteiger partial charge in [-0.05, 0) is 26.0 Å². The predicted octanol–water partition coefficient (Wildman–Crippen LogP) is 2.93. The van der Waals surface area contributed by atoms with Crippen LogP contribution in [0.2, 0.25) is 0 Å². The zero-order chi connectivity index (χ0) is 14.6. The van der Waals surface area contributed by atoms with Crippen LogP contribution in [0.5, 0.6) is 5.75 Å². The average Bonchev–Trinajstić information content (AvgIpc) is 2.38. The maximum absolute atomic E-state index is 12.4. The number of rotatable bonds is 6. The summed E-state index contributed by atoms with van der Waals surface area (Å²) >= 11 is 0. The normalized spacial score (nSPS) is 13.7. The van der Waals surface area contributed by atoms with Gasteiger partial charge in [0.25, 0.3) is 0 Å². The van der Waals surface area contributed by atoms with E-state index < -0.39 is 17.8 Å². The Hall–Kier alpha value is -1.84. The molecule has 104 valence electrons. The second-order valence-corrected chi connectivity index (χ2v) is 4.71. The van der Waals surface area contributed by atoms with Gasteiger partial charge in [-0.3, -0.25) is 9.59 Å². The summed E-state index contributed by atoms with van der Waals surface area (Å²) in [6, 6.07) is 5.37. The molecular weight excluding hydrogens is 244 g/mol. The van der Waals surface area contributed by atoms with Crippen molar-refractivity contribution >= 4 is 11.8 Å². The number of ether oxygens (including phenoxy) is 1. The summed E-state index contributed by atoms with van der Waals surface area (Å²) in [4.78, 5) is 23.4. The van der Waals surface area contributed by atoms with E-state index in [-0.39, 0.29) is 5.78 Å². The molecule has 0 saturated carbocycles. The highest BCUT2D eigenvalue weighted by Crippen LogP contribution is 2.26. The first kappa shape index (κ1) is 15.2. The average molecular weight is 264 g/mol. The number of carbonyl (C=O) groups is 2. The fraction of sp³-hybridized carbons (Fsp3) is 0.467. The van der Waals surface area contributed by atoms with Crippen LogP contribution in [0.3, 0.4) is 0 Å². The van der Waals surface area contributed by atoms with Gasteiger partial charge in [0.15, 0.2) is 5.78 Å². The third-order valence-electron chi connectivity index (χ3n) is 3.25. The number of ketones is 1. The number of carboxylic acid groups (broad SMARTS) is 1. The Morgan fingerprint density at radius 2 is 1.89 bits per heavy atom. The standard InChI is InChI=1S/C15H20O4/c1-5-19-13-7-6-9(2)8-12(13)14(16)10(3)11(4)15(17)18/h6-8,10-11H,5H2,1-4H3,(H,17,18). The van der Waals surface area contributed by atoms with Crippen molar-refractivity contribution < 1.29 is 19.4 Å². The van der Waals surface area contributed by atoms with Gasteiger partial charge >= 0.3 is 5.97 Å². The minimum Gasteiger partial charge on any atom is -0.493 e. The van der Waals surface area contributed by atoms with Gasteiger partial charge < -0.3 is 9.84 Å². The summed E-state index contributed by atoms with van der Waals surface area (Å²) in [5.41, 5.74) is 1.41. The van der Waals surface area contributed by atoms with E-state index in [0.717, 1.165) is 5.56 Å². The third kappa shape index (κ3) is 3.56. The molecule has 0 spiro atoms. The molecule has 4 nitrogen and oxygen atoms in total. The van der Waals surface area contributed by atoms with Gasteiger partial charge in [0, 0.05) is 5.92 Å². The Labute approximate surface area is 113 Å². The second kappa shape index (κ2) is 6.36. The smallest absolute Gasteiger partial charge is 0.306 e. The maximum atomic E-state index is 12.4. The Morgan fingerprint density at radius 1 is 1.26 bits per heavy atom. The van der Waals surface area contributed by atoms with Crippen LogP contribution < -0.4 is 4.74 Å². The lowest BCUT2D eigenvalue weighted by Gasteiger charge is -2.17. The number of aliphatic carboxylic acids is 1. The molecule has 1 aromatic rings. The third-order valence-corrected chi connectivity index (χ3v) is 3.25. The topological polar surface area (TPSA) is 63.6 Å². The molecule has 1 aromatic carbocycles. The van der Waals surface area contributed by atoms with Crippen molar-refractivity contribution in [3.8, 4) is 5.75 Å². The number of Topliss-reactive ketones (excluding diaryl/α,β-unsaturated/α-hetero) is 1. The molecule has 0 aliphatic carbocycles. The van der Waals surface area contributed by atoms with Crippen LogP contribution in [0.25, 0.3) is 0 Å². The summed E-state index contributed by atoms with van der Waals surface area (Å²) in [6.07, 6.45) is 0. The van der Waals surface area contributed by atoms with Crippen LogP contribution in [-0.2, 0) is 4.79 Å². The molecule has 0 amide bonds. The lowest BCUT2D eigenvalue weighted by Crippen LogP contribution is -2.25. The Morgan fingerprint density at radius 3 is 2.42 bits per heavy atom. The van der Waals surface area contributed by atoms with E-state index in [1.54, 1.807) is 26.0 Å². The fourth-order valence-electron chi connectivity index (χ4n) is 1.80. The Balaban J connectivity index is 3.10. The van der Waals surface area contributed by atoms with Gasteiger partial charge in [-0.2, -0.15) is 0 Å². The van der Waals surface area contributed by atoms with E-state index in [0.29, 0.717) is 17.9 Å². The van der Waals surface area contributed by atoms with Crippen molar-refractivity contribution in [2.75, 3.05) is 6.61 Å². The molecule has 0 aliphatic heterocycles. The van der Waals surface area contributed by atoms with Crippen LogP contribution in [-0.4, -0.2) is 23.5 Å². The Bertz CT molecular complexity index is 479. The van der Waals surface area contributed by atoms with Crippen molar-refractivity contribution in [3.63, 3.8) is 0 Å². The summed E-state index contributed by atoms with van der Waals surface area (Å²) in [5.74, 6) is -1.95. The van der Waals surface area contributed by atoms with E-state index in [1.165, 1.54) is 0 Å². The molecule has 1 rings (SSSR count). The summed E-state index contributed by atoms with van der Waals surface area (Å²) in [5, 5.41) is 8.99. The lowest BCUT2D eigenvalue weighted by molar-refractivity contribution is -0.142. The molecule has 4 heteroatoms. The van der Waals surface area contributed by atoms with Gasteiger partial charge in [-0.15, -0.1) is 0 Å². The molecule has 0 aromatic heterocycles. The molecule has 0 bridgehead atoms. The lowest BCUT2D eigenvalue weighted by atomic mass is 9.87. The van der Waals surface area contributed by atoms with Crippen LogP contribution >= 0.6 is 0 Å². The molecule has 0 saturated heterocycles. The molecule has 2 unspecified atom stereocenters.